The van der Waals surface area contributed by atoms with Gasteiger partial charge in [-0.05, 0) is 19.1 Å². The summed E-state index contributed by atoms with van der Waals surface area (Å²) in [5.41, 5.74) is 0.0731. The number of anilines is 1. The van der Waals surface area contributed by atoms with Gasteiger partial charge in [-0.3, -0.25) is 10.1 Å². The van der Waals surface area contributed by atoms with Gasteiger partial charge in [-0.1, -0.05) is 28.5 Å². The molecule has 130 valence electrons. The van der Waals surface area contributed by atoms with Gasteiger partial charge in [-0.2, -0.15) is 0 Å². The van der Waals surface area contributed by atoms with Crippen LogP contribution in [0.15, 0.2) is 50.2 Å². The van der Waals surface area contributed by atoms with Gasteiger partial charge in [-0.25, -0.2) is 8.42 Å². The van der Waals surface area contributed by atoms with Crippen molar-refractivity contribution >= 4 is 21.8 Å². The van der Waals surface area contributed by atoms with Crippen LogP contribution in [0, 0.1) is 6.92 Å². The molecule has 0 atom stereocenters. The standard InChI is InChI=1S/C15H14N4O5S/c1-10-9-12(19-24-10)14(20)16-15-18-17-13(23-15)7-8-25(21,22)11-5-3-2-4-6-11/h2-6,9H,7-8H2,1H3,(H,16,18,20). The van der Waals surface area contributed by atoms with Crippen LogP contribution in [0.25, 0.3) is 0 Å². The highest BCUT2D eigenvalue weighted by Gasteiger charge is 2.18. The molecule has 0 saturated heterocycles. The summed E-state index contributed by atoms with van der Waals surface area (Å²) in [4.78, 5) is 12.1. The van der Waals surface area contributed by atoms with E-state index >= 15 is 0 Å². The van der Waals surface area contributed by atoms with Gasteiger partial charge in [0.2, 0.25) is 5.89 Å². The van der Waals surface area contributed by atoms with E-state index < -0.39 is 15.7 Å². The van der Waals surface area contributed by atoms with Gasteiger partial charge >= 0.3 is 6.01 Å². The van der Waals surface area contributed by atoms with Gasteiger partial charge in [0.15, 0.2) is 15.5 Å². The average molecular weight is 362 g/mol. The SMILES string of the molecule is Cc1cc(C(=O)Nc2nnc(CCS(=O)(=O)c3ccccc3)o2)no1. The number of aryl methyl sites for hydroxylation is 2. The molecule has 1 amide bonds. The number of benzene rings is 1. The molecule has 0 saturated carbocycles. The summed E-state index contributed by atoms with van der Waals surface area (Å²) in [6, 6.07) is 9.40. The highest BCUT2D eigenvalue weighted by molar-refractivity contribution is 7.91. The highest BCUT2D eigenvalue weighted by atomic mass is 32.2. The Balaban J connectivity index is 1.61. The number of rotatable bonds is 6. The molecule has 25 heavy (non-hydrogen) atoms. The maximum atomic E-state index is 12.2. The van der Waals surface area contributed by atoms with E-state index in [0.29, 0.717) is 5.76 Å². The van der Waals surface area contributed by atoms with E-state index in [-0.39, 0.29) is 34.7 Å². The normalized spacial score (nSPS) is 11.4. The number of carbonyl (C=O) groups excluding carboxylic acids is 1. The third-order valence-electron chi connectivity index (χ3n) is 3.23. The number of nitrogens with zero attached hydrogens (tertiary/aromatic N) is 3. The zero-order valence-electron chi connectivity index (χ0n) is 13.2. The topological polar surface area (TPSA) is 128 Å². The number of hydrogen-bond donors (Lipinski definition) is 1. The number of amides is 1. The quantitative estimate of drug-likeness (QED) is 0.701. The second-order valence-electron chi connectivity index (χ2n) is 5.16. The van der Waals surface area contributed by atoms with Crippen LogP contribution in [0.1, 0.15) is 22.1 Å². The molecule has 9 nitrogen and oxygen atoms in total. The summed E-state index contributed by atoms with van der Waals surface area (Å²) in [7, 11) is -3.45. The lowest BCUT2D eigenvalue weighted by molar-refractivity contribution is 0.101. The summed E-state index contributed by atoms with van der Waals surface area (Å²) in [6.45, 7) is 1.65. The fourth-order valence-corrected chi connectivity index (χ4v) is 3.26. The largest absolute Gasteiger partial charge is 0.408 e. The Kier molecular flexibility index (Phi) is 4.61. The third-order valence-corrected chi connectivity index (χ3v) is 4.97. The van der Waals surface area contributed by atoms with Gasteiger partial charge in [0, 0.05) is 12.5 Å². The maximum Gasteiger partial charge on any atom is 0.322 e. The molecule has 0 spiro atoms. The van der Waals surface area contributed by atoms with E-state index in [0.717, 1.165) is 0 Å². The van der Waals surface area contributed by atoms with Crippen molar-refractivity contribution in [1.82, 2.24) is 15.4 Å². The van der Waals surface area contributed by atoms with E-state index in [2.05, 4.69) is 20.7 Å². The Morgan fingerprint density at radius 1 is 1.20 bits per heavy atom. The Bertz CT molecular complexity index is 978. The molecule has 3 aromatic rings. The van der Waals surface area contributed by atoms with Crippen LogP contribution in [0.3, 0.4) is 0 Å². The Morgan fingerprint density at radius 2 is 1.96 bits per heavy atom. The summed E-state index contributed by atoms with van der Waals surface area (Å²) in [5, 5.41) is 13.3. The van der Waals surface area contributed by atoms with Crippen molar-refractivity contribution in [2.24, 2.45) is 0 Å². The predicted octanol–water partition coefficient (Wildman–Crippen LogP) is 1.63. The van der Waals surface area contributed by atoms with E-state index in [9.17, 15) is 13.2 Å². The Morgan fingerprint density at radius 3 is 2.64 bits per heavy atom. The molecule has 0 fully saturated rings. The van der Waals surface area contributed by atoms with Crippen molar-refractivity contribution in [3.63, 3.8) is 0 Å². The van der Waals surface area contributed by atoms with Crippen LogP contribution in [0.5, 0.6) is 0 Å². The van der Waals surface area contributed by atoms with E-state index in [1.807, 2.05) is 0 Å². The minimum Gasteiger partial charge on any atom is -0.408 e. The zero-order chi connectivity index (χ0) is 17.9. The minimum atomic E-state index is -3.45. The van der Waals surface area contributed by atoms with Crippen molar-refractivity contribution in [2.45, 2.75) is 18.2 Å². The molecule has 2 heterocycles. The van der Waals surface area contributed by atoms with Gasteiger partial charge in [0.1, 0.15) is 5.76 Å². The number of sulfone groups is 1. The zero-order valence-corrected chi connectivity index (χ0v) is 14.0. The number of nitrogens with one attached hydrogen (secondary N) is 1. The highest BCUT2D eigenvalue weighted by Crippen LogP contribution is 2.14. The molecule has 0 unspecified atom stereocenters. The molecule has 0 radical (unpaired) electrons. The fourth-order valence-electron chi connectivity index (χ4n) is 2.01. The molecule has 1 aromatic carbocycles. The predicted molar refractivity (Wildman–Crippen MR) is 85.7 cm³/mol. The summed E-state index contributed by atoms with van der Waals surface area (Å²) >= 11 is 0. The average Bonchev–Trinajstić information content (AvgIpc) is 3.23. The van der Waals surface area contributed by atoms with Crippen LogP contribution < -0.4 is 5.32 Å². The van der Waals surface area contributed by atoms with E-state index in [1.165, 1.54) is 18.2 Å². The first kappa shape index (κ1) is 16.8. The smallest absolute Gasteiger partial charge is 0.322 e. The first-order valence-corrected chi connectivity index (χ1v) is 8.94. The first-order chi connectivity index (χ1) is 11.9. The number of aromatic nitrogens is 3. The lowest BCUT2D eigenvalue weighted by Crippen LogP contribution is -2.12. The van der Waals surface area contributed by atoms with Gasteiger partial charge in [0.05, 0.1) is 10.6 Å². The van der Waals surface area contributed by atoms with Crippen molar-refractivity contribution in [3.8, 4) is 0 Å². The molecule has 0 aliphatic rings. The third kappa shape index (κ3) is 4.10. The first-order valence-electron chi connectivity index (χ1n) is 7.29. The van der Waals surface area contributed by atoms with Gasteiger partial charge in [0.25, 0.3) is 5.91 Å². The minimum absolute atomic E-state index is 0.0309. The van der Waals surface area contributed by atoms with E-state index in [4.69, 9.17) is 8.94 Å². The van der Waals surface area contributed by atoms with Crippen LogP contribution in [0.4, 0.5) is 6.01 Å². The summed E-state index contributed by atoms with van der Waals surface area (Å²) in [6.07, 6.45) is 0.0309. The molecule has 0 aliphatic carbocycles. The van der Waals surface area contributed by atoms with Gasteiger partial charge < -0.3 is 8.94 Å². The second kappa shape index (κ2) is 6.85. The lowest BCUT2D eigenvalue weighted by Gasteiger charge is -2.01. The lowest BCUT2D eigenvalue weighted by atomic mass is 10.3. The van der Waals surface area contributed by atoms with Crippen molar-refractivity contribution in [1.29, 1.82) is 0 Å². The van der Waals surface area contributed by atoms with Crippen molar-refractivity contribution in [2.75, 3.05) is 11.1 Å². The molecule has 10 heteroatoms. The van der Waals surface area contributed by atoms with Crippen LogP contribution in [0.2, 0.25) is 0 Å². The number of hydrogen-bond acceptors (Lipinski definition) is 8. The molecule has 0 aliphatic heterocycles. The van der Waals surface area contributed by atoms with Crippen LogP contribution in [-0.2, 0) is 16.3 Å². The molecular weight excluding hydrogens is 348 g/mol. The van der Waals surface area contributed by atoms with Gasteiger partial charge in [-0.15, -0.1) is 5.10 Å². The Labute approximate surface area is 143 Å². The number of carbonyl (C=O) groups is 1. The van der Waals surface area contributed by atoms with Crippen LogP contribution in [-0.4, -0.2) is 35.4 Å². The summed E-state index contributed by atoms with van der Waals surface area (Å²) in [5.74, 6) is -0.160. The molecule has 2 aromatic heterocycles. The second-order valence-corrected chi connectivity index (χ2v) is 7.27. The molecule has 3 rings (SSSR count). The Hall–Kier alpha value is -3.01. The van der Waals surface area contributed by atoms with Crippen molar-refractivity contribution < 1.29 is 22.2 Å². The van der Waals surface area contributed by atoms with Crippen molar-refractivity contribution in [3.05, 3.63) is 53.7 Å². The maximum absolute atomic E-state index is 12.2. The van der Waals surface area contributed by atoms with E-state index in [1.54, 1.807) is 25.1 Å². The molecular formula is C15H14N4O5S. The monoisotopic (exact) mass is 362 g/mol. The molecule has 1 N–H and O–H groups in total. The molecule has 0 bridgehead atoms. The van der Waals surface area contributed by atoms with Crippen LogP contribution >= 0.6 is 0 Å². The summed E-state index contributed by atoms with van der Waals surface area (Å²) < 4.78 is 34.4. The fraction of sp³-hybridized carbons (Fsp3) is 0.200.